The topological polar surface area (TPSA) is 56.5 Å². The third-order valence-corrected chi connectivity index (χ3v) is 4.11. The third kappa shape index (κ3) is 2.71. The highest BCUT2D eigenvalue weighted by Crippen LogP contribution is 2.33. The third-order valence-electron chi connectivity index (χ3n) is 4.11. The Morgan fingerprint density at radius 3 is 2.38 bits per heavy atom. The number of para-hydroxylation sites is 2. The molecule has 0 spiro atoms. The number of benzene rings is 2. The number of imidazole rings is 1. The zero-order chi connectivity index (χ0) is 17.3. The largest absolute Gasteiger partial charge is 0.493 e. The van der Waals surface area contributed by atoms with E-state index in [1.54, 1.807) is 26.4 Å². The summed E-state index contributed by atoms with van der Waals surface area (Å²) in [6, 6.07) is 13.5. The Labute approximate surface area is 141 Å². The van der Waals surface area contributed by atoms with E-state index in [2.05, 4.69) is 23.4 Å². The first-order chi connectivity index (χ1) is 11.6. The minimum atomic E-state index is -0.848. The normalized spacial score (nSPS) is 12.6. The van der Waals surface area contributed by atoms with Crippen LogP contribution in [0.25, 0.3) is 11.0 Å². The van der Waals surface area contributed by atoms with E-state index in [0.29, 0.717) is 22.9 Å². The van der Waals surface area contributed by atoms with E-state index in [9.17, 15) is 5.11 Å². The maximum Gasteiger partial charge on any atom is 0.161 e. The number of ether oxygens (including phenoxy) is 2. The van der Waals surface area contributed by atoms with Crippen LogP contribution in [0.1, 0.15) is 37.4 Å². The van der Waals surface area contributed by atoms with Crippen LogP contribution in [0.4, 0.5) is 0 Å². The van der Waals surface area contributed by atoms with Gasteiger partial charge in [-0.15, -0.1) is 0 Å². The first kappa shape index (κ1) is 16.3. The number of fused-ring (bicyclic) bond motifs is 1. The molecule has 126 valence electrons. The molecule has 5 nitrogen and oxygen atoms in total. The molecule has 5 heteroatoms. The molecule has 24 heavy (non-hydrogen) atoms. The molecule has 0 amide bonds. The van der Waals surface area contributed by atoms with E-state index < -0.39 is 6.10 Å². The fraction of sp³-hybridized carbons (Fsp3) is 0.316. The zero-order valence-corrected chi connectivity index (χ0v) is 14.4. The Kier molecular flexibility index (Phi) is 4.44. The highest BCUT2D eigenvalue weighted by Gasteiger charge is 2.22. The van der Waals surface area contributed by atoms with Gasteiger partial charge in [0.25, 0.3) is 0 Å². The Morgan fingerprint density at radius 2 is 1.71 bits per heavy atom. The van der Waals surface area contributed by atoms with Gasteiger partial charge in [-0.1, -0.05) is 18.2 Å². The van der Waals surface area contributed by atoms with Gasteiger partial charge in [-0.2, -0.15) is 0 Å². The summed E-state index contributed by atoms with van der Waals surface area (Å²) in [4.78, 5) is 4.65. The zero-order valence-electron chi connectivity index (χ0n) is 14.4. The molecule has 3 rings (SSSR count). The number of hydrogen-bond donors (Lipinski definition) is 1. The van der Waals surface area contributed by atoms with Crippen molar-refractivity contribution in [2.75, 3.05) is 14.2 Å². The summed E-state index contributed by atoms with van der Waals surface area (Å²) >= 11 is 0. The lowest BCUT2D eigenvalue weighted by Crippen LogP contribution is -2.12. The summed E-state index contributed by atoms with van der Waals surface area (Å²) in [6.45, 7) is 4.16. The fourth-order valence-corrected chi connectivity index (χ4v) is 2.97. The summed E-state index contributed by atoms with van der Waals surface area (Å²) in [5.41, 5.74) is 2.60. The maximum absolute atomic E-state index is 10.9. The molecular formula is C19H22N2O3. The molecule has 0 saturated heterocycles. The number of aliphatic hydroxyl groups excluding tert-OH is 1. The lowest BCUT2D eigenvalue weighted by Gasteiger charge is -2.18. The smallest absolute Gasteiger partial charge is 0.161 e. The van der Waals surface area contributed by atoms with Gasteiger partial charge in [0.1, 0.15) is 11.9 Å². The molecular weight excluding hydrogens is 304 g/mol. The summed E-state index contributed by atoms with van der Waals surface area (Å²) in [7, 11) is 3.17. The van der Waals surface area contributed by atoms with Crippen molar-refractivity contribution in [3.63, 3.8) is 0 Å². The second-order valence-electron chi connectivity index (χ2n) is 5.94. The van der Waals surface area contributed by atoms with Crippen LogP contribution in [-0.2, 0) is 0 Å². The van der Waals surface area contributed by atoms with E-state index in [0.717, 1.165) is 11.0 Å². The maximum atomic E-state index is 10.9. The van der Waals surface area contributed by atoms with Gasteiger partial charge in [-0.3, -0.25) is 0 Å². The second-order valence-corrected chi connectivity index (χ2v) is 5.94. The van der Waals surface area contributed by atoms with Gasteiger partial charge >= 0.3 is 0 Å². The second kappa shape index (κ2) is 6.53. The van der Waals surface area contributed by atoms with Crippen molar-refractivity contribution in [3.8, 4) is 11.5 Å². The molecule has 0 aliphatic rings. The van der Waals surface area contributed by atoms with Crippen molar-refractivity contribution in [2.24, 2.45) is 0 Å². The van der Waals surface area contributed by atoms with Crippen molar-refractivity contribution in [1.29, 1.82) is 0 Å². The molecule has 1 aromatic heterocycles. The quantitative estimate of drug-likeness (QED) is 0.776. The molecule has 1 N–H and O–H groups in total. The van der Waals surface area contributed by atoms with Crippen LogP contribution in [-0.4, -0.2) is 28.9 Å². The average molecular weight is 326 g/mol. The molecule has 0 bridgehead atoms. The number of rotatable bonds is 5. The predicted molar refractivity (Wildman–Crippen MR) is 93.7 cm³/mol. The number of methoxy groups -OCH3 is 2. The van der Waals surface area contributed by atoms with Crippen molar-refractivity contribution < 1.29 is 14.6 Å². The SMILES string of the molecule is COc1ccc([C@@H](O)c2nc3ccccc3n2C(C)C)cc1OC. The number of hydrogen-bond acceptors (Lipinski definition) is 4. The van der Waals surface area contributed by atoms with Crippen LogP contribution in [0.2, 0.25) is 0 Å². The molecule has 1 heterocycles. The Balaban J connectivity index is 2.12. The number of aromatic nitrogens is 2. The molecule has 2 aromatic carbocycles. The molecule has 0 radical (unpaired) electrons. The van der Waals surface area contributed by atoms with Crippen molar-refractivity contribution in [2.45, 2.75) is 26.0 Å². The van der Waals surface area contributed by atoms with Crippen LogP contribution < -0.4 is 9.47 Å². The predicted octanol–water partition coefficient (Wildman–Crippen LogP) is 3.72. The molecule has 0 saturated carbocycles. The van der Waals surface area contributed by atoms with Crippen molar-refractivity contribution >= 4 is 11.0 Å². The first-order valence-corrected chi connectivity index (χ1v) is 7.93. The molecule has 0 aliphatic heterocycles. The van der Waals surface area contributed by atoms with Crippen LogP contribution in [0, 0.1) is 0 Å². The van der Waals surface area contributed by atoms with E-state index in [4.69, 9.17) is 9.47 Å². The van der Waals surface area contributed by atoms with E-state index >= 15 is 0 Å². The standard InChI is InChI=1S/C19H22N2O3/c1-12(2)21-15-8-6-5-7-14(15)20-19(21)18(22)13-9-10-16(23-3)17(11-13)24-4/h5-12,18,22H,1-4H3/t18-/m1/s1. The van der Waals surface area contributed by atoms with E-state index in [1.807, 2.05) is 30.3 Å². The first-order valence-electron chi connectivity index (χ1n) is 7.93. The van der Waals surface area contributed by atoms with Gasteiger partial charge in [0.2, 0.25) is 0 Å². The van der Waals surface area contributed by atoms with E-state index in [-0.39, 0.29) is 6.04 Å². The monoisotopic (exact) mass is 326 g/mol. The summed E-state index contributed by atoms with van der Waals surface area (Å²) in [6.07, 6.45) is -0.848. The van der Waals surface area contributed by atoms with Gasteiger partial charge in [0.05, 0.1) is 25.3 Å². The minimum Gasteiger partial charge on any atom is -0.493 e. The van der Waals surface area contributed by atoms with Gasteiger partial charge < -0.3 is 19.1 Å². The number of nitrogens with zero attached hydrogens (tertiary/aromatic N) is 2. The Morgan fingerprint density at radius 1 is 1.00 bits per heavy atom. The molecule has 0 unspecified atom stereocenters. The summed E-state index contributed by atoms with van der Waals surface area (Å²) in [5.74, 6) is 1.84. The fourth-order valence-electron chi connectivity index (χ4n) is 2.97. The van der Waals surface area contributed by atoms with E-state index in [1.165, 1.54) is 0 Å². The highest BCUT2D eigenvalue weighted by molar-refractivity contribution is 5.76. The minimum absolute atomic E-state index is 0.183. The van der Waals surface area contributed by atoms with Crippen LogP contribution in [0.3, 0.4) is 0 Å². The average Bonchev–Trinajstić information content (AvgIpc) is 3.00. The van der Waals surface area contributed by atoms with Gasteiger partial charge in [0.15, 0.2) is 11.5 Å². The van der Waals surface area contributed by atoms with Gasteiger partial charge in [-0.25, -0.2) is 4.98 Å². The highest BCUT2D eigenvalue weighted by atomic mass is 16.5. The summed E-state index contributed by atoms with van der Waals surface area (Å²) in [5, 5.41) is 10.9. The van der Waals surface area contributed by atoms with Crippen molar-refractivity contribution in [1.82, 2.24) is 9.55 Å². The van der Waals surface area contributed by atoms with Crippen LogP contribution in [0.5, 0.6) is 11.5 Å². The van der Waals surface area contributed by atoms with Crippen LogP contribution in [0.15, 0.2) is 42.5 Å². The van der Waals surface area contributed by atoms with Gasteiger partial charge in [-0.05, 0) is 43.7 Å². The van der Waals surface area contributed by atoms with Crippen LogP contribution >= 0.6 is 0 Å². The lowest BCUT2D eigenvalue weighted by molar-refractivity contribution is 0.202. The molecule has 0 fully saturated rings. The molecule has 0 aliphatic carbocycles. The van der Waals surface area contributed by atoms with Crippen molar-refractivity contribution in [3.05, 3.63) is 53.9 Å². The molecule has 1 atom stereocenters. The summed E-state index contributed by atoms with van der Waals surface area (Å²) < 4.78 is 12.7. The number of aliphatic hydroxyl groups is 1. The Bertz CT molecular complexity index is 855. The lowest BCUT2D eigenvalue weighted by atomic mass is 10.1. The molecule has 3 aromatic rings. The van der Waals surface area contributed by atoms with Gasteiger partial charge in [0, 0.05) is 6.04 Å². The Hall–Kier alpha value is -2.53.